The molecule has 0 unspecified atom stereocenters. The maximum atomic E-state index is 4.10. The van der Waals surface area contributed by atoms with Crippen molar-refractivity contribution in [2.24, 2.45) is 4.99 Å². The van der Waals surface area contributed by atoms with Crippen LogP contribution in [0, 0.1) is 0 Å². The van der Waals surface area contributed by atoms with Gasteiger partial charge in [0.05, 0.1) is 16.9 Å². The van der Waals surface area contributed by atoms with Crippen molar-refractivity contribution in [2.45, 2.75) is 6.92 Å². The van der Waals surface area contributed by atoms with Crippen molar-refractivity contribution in [3.8, 4) is 0 Å². The van der Waals surface area contributed by atoms with Crippen LogP contribution in [0.4, 0.5) is 0 Å². The smallest absolute Gasteiger partial charge is 0.0950 e. The lowest BCUT2D eigenvalue weighted by Gasteiger charge is -1.89. The maximum Gasteiger partial charge on any atom is 0.0950 e. The Morgan fingerprint density at radius 3 is 3.18 bits per heavy atom. The Morgan fingerprint density at radius 1 is 1.82 bits per heavy atom. The summed E-state index contributed by atoms with van der Waals surface area (Å²) >= 11 is 5.45. The molecule has 11 heavy (non-hydrogen) atoms. The minimum atomic E-state index is 0.913. The highest BCUT2D eigenvalue weighted by Crippen LogP contribution is 2.02. The van der Waals surface area contributed by atoms with Gasteiger partial charge >= 0.3 is 0 Å². The highest BCUT2D eigenvalue weighted by Gasteiger charge is 1.95. The Labute approximate surface area is 75.1 Å². The summed E-state index contributed by atoms with van der Waals surface area (Å²) in [5.41, 5.74) is 3.64. The topological polar surface area (TPSA) is 25.2 Å². The molecular weight excluding hydrogens is 176 g/mol. The molecule has 0 amide bonds. The molecule has 0 aliphatic heterocycles. The SMILES string of the molecule is CC(=N/C=C\S)c1cscn1. The van der Waals surface area contributed by atoms with Gasteiger partial charge in [0.25, 0.3) is 0 Å². The highest BCUT2D eigenvalue weighted by atomic mass is 32.1. The van der Waals surface area contributed by atoms with Gasteiger partial charge < -0.3 is 0 Å². The molecule has 0 radical (unpaired) electrons. The Hall–Kier alpha value is -0.610. The molecule has 0 atom stereocenters. The van der Waals surface area contributed by atoms with Gasteiger partial charge in [-0.15, -0.1) is 24.0 Å². The van der Waals surface area contributed by atoms with Crippen molar-refractivity contribution in [3.05, 3.63) is 28.2 Å². The van der Waals surface area contributed by atoms with Crippen LogP contribution < -0.4 is 0 Å². The third-order valence-electron chi connectivity index (χ3n) is 1.14. The second-order valence-corrected chi connectivity index (χ2v) is 2.90. The number of thiol groups is 1. The first-order chi connectivity index (χ1) is 5.34. The van der Waals surface area contributed by atoms with E-state index in [0.717, 1.165) is 11.4 Å². The summed E-state index contributed by atoms with van der Waals surface area (Å²) < 4.78 is 0. The first-order valence-corrected chi connectivity index (χ1v) is 4.52. The van der Waals surface area contributed by atoms with E-state index in [1.165, 1.54) is 0 Å². The van der Waals surface area contributed by atoms with Crippen LogP contribution in [0.1, 0.15) is 12.6 Å². The van der Waals surface area contributed by atoms with Gasteiger partial charge in [0.15, 0.2) is 0 Å². The molecule has 58 valence electrons. The van der Waals surface area contributed by atoms with Crippen molar-refractivity contribution >= 4 is 29.7 Å². The van der Waals surface area contributed by atoms with Crippen LogP contribution in [-0.2, 0) is 0 Å². The maximum absolute atomic E-state index is 4.10. The molecule has 4 heteroatoms. The van der Waals surface area contributed by atoms with Crippen molar-refractivity contribution in [2.75, 3.05) is 0 Å². The van der Waals surface area contributed by atoms with Crippen molar-refractivity contribution in [3.63, 3.8) is 0 Å². The molecule has 0 bridgehead atoms. The molecule has 1 aromatic heterocycles. The van der Waals surface area contributed by atoms with Crippen LogP contribution >= 0.6 is 24.0 Å². The van der Waals surface area contributed by atoms with Crippen LogP contribution in [0.15, 0.2) is 27.5 Å². The zero-order valence-corrected chi connectivity index (χ0v) is 7.77. The molecule has 0 fully saturated rings. The zero-order valence-electron chi connectivity index (χ0n) is 6.06. The molecule has 0 aliphatic carbocycles. The molecule has 0 aromatic carbocycles. The standard InChI is InChI=1S/C7H8N2S2/c1-6(8-2-3-10)7-4-11-5-9-7/h2-5,10H,1H3/b3-2-,8-6?. The van der Waals surface area contributed by atoms with Crippen LogP contribution in [-0.4, -0.2) is 10.7 Å². The van der Waals surface area contributed by atoms with Crippen molar-refractivity contribution < 1.29 is 0 Å². The van der Waals surface area contributed by atoms with Crippen LogP contribution in [0.5, 0.6) is 0 Å². The number of thiazole rings is 1. The van der Waals surface area contributed by atoms with E-state index in [1.54, 1.807) is 28.5 Å². The number of aromatic nitrogens is 1. The molecule has 0 N–H and O–H groups in total. The van der Waals surface area contributed by atoms with Crippen LogP contribution in [0.2, 0.25) is 0 Å². The van der Waals surface area contributed by atoms with Gasteiger partial charge in [-0.05, 0) is 12.3 Å². The lowest BCUT2D eigenvalue weighted by Crippen LogP contribution is -1.92. The lowest BCUT2D eigenvalue weighted by atomic mass is 10.3. The molecule has 0 spiro atoms. The lowest BCUT2D eigenvalue weighted by molar-refractivity contribution is 1.35. The molecule has 0 saturated carbocycles. The number of rotatable bonds is 2. The number of aliphatic imine (C=N–C) groups is 1. The summed E-state index contributed by atoms with van der Waals surface area (Å²) in [6, 6.07) is 0. The van der Waals surface area contributed by atoms with E-state index in [4.69, 9.17) is 0 Å². The van der Waals surface area contributed by atoms with E-state index >= 15 is 0 Å². The quantitative estimate of drug-likeness (QED) is 0.554. The zero-order chi connectivity index (χ0) is 8.10. The molecule has 1 rings (SSSR count). The predicted molar refractivity (Wildman–Crippen MR) is 52.5 cm³/mol. The summed E-state index contributed by atoms with van der Waals surface area (Å²) in [5, 5.41) is 3.56. The van der Waals surface area contributed by atoms with Gasteiger partial charge in [-0.1, -0.05) is 0 Å². The van der Waals surface area contributed by atoms with E-state index < -0.39 is 0 Å². The molecular formula is C7H8N2S2. The van der Waals surface area contributed by atoms with Gasteiger partial charge in [-0.2, -0.15) is 0 Å². The first kappa shape index (κ1) is 8.49. The summed E-state index contributed by atoms with van der Waals surface area (Å²) in [6.45, 7) is 1.92. The fourth-order valence-corrected chi connectivity index (χ4v) is 1.26. The number of hydrogen-bond acceptors (Lipinski definition) is 4. The van der Waals surface area contributed by atoms with E-state index in [9.17, 15) is 0 Å². The van der Waals surface area contributed by atoms with E-state index in [2.05, 4.69) is 22.6 Å². The van der Waals surface area contributed by atoms with E-state index in [-0.39, 0.29) is 0 Å². The minimum absolute atomic E-state index is 0.913. The molecule has 2 nitrogen and oxygen atoms in total. The molecule has 0 aliphatic rings. The van der Waals surface area contributed by atoms with Crippen LogP contribution in [0.3, 0.4) is 0 Å². The third kappa shape index (κ3) is 2.48. The van der Waals surface area contributed by atoms with E-state index in [1.807, 2.05) is 12.3 Å². The second kappa shape index (κ2) is 4.31. The summed E-state index contributed by atoms with van der Waals surface area (Å²) in [6.07, 6.45) is 1.64. The monoisotopic (exact) mass is 184 g/mol. The molecule has 1 aromatic rings. The van der Waals surface area contributed by atoms with Crippen molar-refractivity contribution in [1.82, 2.24) is 4.98 Å². The molecule has 0 saturated heterocycles. The van der Waals surface area contributed by atoms with Gasteiger partial charge in [0.1, 0.15) is 0 Å². The van der Waals surface area contributed by atoms with Crippen LogP contribution in [0.25, 0.3) is 0 Å². The van der Waals surface area contributed by atoms with Gasteiger partial charge in [-0.25, -0.2) is 4.98 Å². The predicted octanol–water partition coefficient (Wildman–Crippen LogP) is 2.35. The Kier molecular flexibility index (Phi) is 3.32. The number of hydrogen-bond donors (Lipinski definition) is 1. The summed E-state index contributed by atoms with van der Waals surface area (Å²) in [5.74, 6) is 0. The average molecular weight is 184 g/mol. The Bertz CT molecular complexity index is 262. The normalized spacial score (nSPS) is 12.7. The fourth-order valence-electron chi connectivity index (χ4n) is 0.602. The third-order valence-corrected chi connectivity index (χ3v) is 1.86. The van der Waals surface area contributed by atoms with Gasteiger partial charge in [0, 0.05) is 11.6 Å². The second-order valence-electron chi connectivity index (χ2n) is 1.89. The number of nitrogens with zero attached hydrogens (tertiary/aromatic N) is 2. The summed E-state index contributed by atoms with van der Waals surface area (Å²) in [4.78, 5) is 8.19. The minimum Gasteiger partial charge on any atom is -0.259 e. The molecule has 1 heterocycles. The fraction of sp³-hybridized carbons (Fsp3) is 0.143. The van der Waals surface area contributed by atoms with E-state index in [0.29, 0.717) is 0 Å². The Morgan fingerprint density at radius 2 is 2.64 bits per heavy atom. The summed E-state index contributed by atoms with van der Waals surface area (Å²) in [7, 11) is 0. The van der Waals surface area contributed by atoms with Gasteiger partial charge in [0.2, 0.25) is 0 Å². The largest absolute Gasteiger partial charge is 0.259 e. The Balaban J connectivity index is 2.77. The van der Waals surface area contributed by atoms with Gasteiger partial charge in [-0.3, -0.25) is 4.99 Å². The average Bonchev–Trinajstić information content (AvgIpc) is 2.52. The highest BCUT2D eigenvalue weighted by molar-refractivity contribution is 7.83. The van der Waals surface area contributed by atoms with Crippen molar-refractivity contribution in [1.29, 1.82) is 0 Å². The first-order valence-electron chi connectivity index (χ1n) is 3.07.